The van der Waals surface area contributed by atoms with Crippen LogP contribution in [0.3, 0.4) is 0 Å². The highest BCUT2D eigenvalue weighted by Gasteiger charge is 2.54. The van der Waals surface area contributed by atoms with Crippen molar-refractivity contribution in [2.45, 2.75) is 114 Å². The standard InChI is InChI=1S/C37H53FN6O6S2/c1-23(20-42-14-16-43(17-15-42)34(49)50-35(3,4)5)52-36(6,7)30(41-33(48)37(38)12-13-37)32(47)44-21-27(45)18-28(44)31(46)39-19-25-8-10-26(11-9-25)29-24(2)40-22-51-29/h8-11,22-23,27-28,30,45H,12-21H2,1-7H3,(H,39,46)(H,41,48)/t23-,27+,28-,30+/m0/s1. The van der Waals surface area contributed by atoms with Crippen LogP contribution in [-0.4, -0.2) is 127 Å². The molecule has 2 saturated heterocycles. The minimum atomic E-state index is -2.01. The summed E-state index contributed by atoms with van der Waals surface area (Å²) in [6, 6.07) is 5.70. The predicted octanol–water partition coefficient (Wildman–Crippen LogP) is 4.14. The number of thioether (sulfide) groups is 1. The first kappa shape index (κ1) is 39.9. The number of aryl methyl sites for hydroxylation is 1. The molecule has 3 heterocycles. The molecule has 4 atom stereocenters. The topological polar surface area (TPSA) is 144 Å². The number of amides is 4. The van der Waals surface area contributed by atoms with Crippen molar-refractivity contribution in [1.82, 2.24) is 30.3 Å². The average molecular weight is 761 g/mol. The summed E-state index contributed by atoms with van der Waals surface area (Å²) in [5.74, 6) is -1.77. The van der Waals surface area contributed by atoms with E-state index in [-0.39, 0.29) is 43.7 Å². The number of nitrogens with one attached hydrogen (secondary N) is 2. The molecule has 1 aromatic carbocycles. The summed E-state index contributed by atoms with van der Waals surface area (Å²) in [6.45, 7) is 16.4. The Morgan fingerprint density at radius 3 is 2.33 bits per heavy atom. The van der Waals surface area contributed by atoms with Crippen LogP contribution in [0.4, 0.5) is 9.18 Å². The highest BCUT2D eigenvalue weighted by molar-refractivity contribution is 8.01. The molecule has 0 radical (unpaired) electrons. The molecular weight excluding hydrogens is 708 g/mol. The highest BCUT2D eigenvalue weighted by Crippen LogP contribution is 2.41. The van der Waals surface area contributed by atoms with E-state index in [1.54, 1.807) is 21.7 Å². The van der Waals surface area contributed by atoms with Crippen LogP contribution in [0, 0.1) is 6.92 Å². The maximum Gasteiger partial charge on any atom is 0.410 e. The Kier molecular flexibility index (Phi) is 12.3. The Balaban J connectivity index is 1.22. The minimum Gasteiger partial charge on any atom is -0.444 e. The summed E-state index contributed by atoms with van der Waals surface area (Å²) in [7, 11) is 0. The van der Waals surface area contributed by atoms with Gasteiger partial charge in [-0.05, 0) is 65.5 Å². The smallest absolute Gasteiger partial charge is 0.410 e. The molecule has 15 heteroatoms. The van der Waals surface area contributed by atoms with Crippen molar-refractivity contribution in [2.75, 3.05) is 39.3 Å². The van der Waals surface area contributed by atoms with Gasteiger partial charge in [0.1, 0.15) is 17.7 Å². The third-order valence-electron chi connectivity index (χ3n) is 9.65. The summed E-state index contributed by atoms with van der Waals surface area (Å²) in [4.78, 5) is 64.2. The van der Waals surface area contributed by atoms with Crippen LogP contribution in [0.15, 0.2) is 29.8 Å². The van der Waals surface area contributed by atoms with Gasteiger partial charge in [0.2, 0.25) is 11.8 Å². The van der Waals surface area contributed by atoms with Gasteiger partial charge in [0.05, 0.1) is 22.2 Å². The van der Waals surface area contributed by atoms with Gasteiger partial charge in [-0.25, -0.2) is 14.2 Å². The number of nitrogens with zero attached hydrogens (tertiary/aromatic N) is 4. The van der Waals surface area contributed by atoms with E-state index in [9.17, 15) is 28.7 Å². The highest BCUT2D eigenvalue weighted by atomic mass is 32.2. The third kappa shape index (κ3) is 10.0. The van der Waals surface area contributed by atoms with Gasteiger partial charge in [0.15, 0.2) is 5.67 Å². The Bertz CT molecular complexity index is 1600. The van der Waals surface area contributed by atoms with E-state index >= 15 is 0 Å². The molecule has 3 fully saturated rings. The summed E-state index contributed by atoms with van der Waals surface area (Å²) >= 11 is 3.06. The number of aliphatic hydroxyl groups excluding tert-OH is 1. The molecule has 1 saturated carbocycles. The molecule has 5 rings (SSSR count). The Hall–Kier alpha value is -3.27. The number of benzene rings is 1. The lowest BCUT2D eigenvalue weighted by atomic mass is 10.00. The second-order valence-corrected chi connectivity index (χ2v) is 18.7. The van der Waals surface area contributed by atoms with Crippen molar-refractivity contribution in [1.29, 1.82) is 0 Å². The van der Waals surface area contributed by atoms with Crippen LogP contribution in [0.25, 0.3) is 10.4 Å². The van der Waals surface area contributed by atoms with Gasteiger partial charge in [0, 0.05) is 62.2 Å². The van der Waals surface area contributed by atoms with Crippen molar-refractivity contribution in [2.24, 2.45) is 0 Å². The fourth-order valence-electron chi connectivity index (χ4n) is 6.69. The number of alkyl halides is 1. The molecule has 2 aliphatic heterocycles. The lowest BCUT2D eigenvalue weighted by molar-refractivity contribution is -0.143. The number of likely N-dealkylation sites (tertiary alicyclic amines) is 1. The number of ether oxygens (including phenoxy) is 1. The van der Waals surface area contributed by atoms with Gasteiger partial charge >= 0.3 is 6.09 Å². The number of carbonyl (C=O) groups is 4. The van der Waals surface area contributed by atoms with Crippen LogP contribution >= 0.6 is 23.1 Å². The largest absolute Gasteiger partial charge is 0.444 e. The van der Waals surface area contributed by atoms with Crippen LogP contribution in [0.1, 0.15) is 72.1 Å². The number of hydrogen-bond acceptors (Lipinski definition) is 10. The molecule has 12 nitrogen and oxygen atoms in total. The lowest BCUT2D eigenvalue weighted by Crippen LogP contribution is -2.61. The van der Waals surface area contributed by atoms with Crippen LogP contribution < -0.4 is 10.6 Å². The maximum atomic E-state index is 15.0. The SMILES string of the molecule is Cc1ncsc1-c1ccc(CNC(=O)[C@@H]2C[C@@H](O)CN2C(=O)[C@@H](NC(=O)C2(F)CC2)C(C)(C)S[C@@H](C)CN2CCN(C(=O)OC(C)(C)C)CC2)cc1. The first-order valence-corrected chi connectivity index (χ1v) is 19.7. The van der Waals surface area contributed by atoms with Crippen molar-refractivity contribution < 1.29 is 33.4 Å². The number of piperazine rings is 1. The van der Waals surface area contributed by atoms with E-state index in [1.807, 2.05) is 72.7 Å². The first-order valence-electron chi connectivity index (χ1n) is 18.0. The summed E-state index contributed by atoms with van der Waals surface area (Å²) in [6.07, 6.45) is -1.02. The summed E-state index contributed by atoms with van der Waals surface area (Å²) in [5.41, 5.74) is 2.09. The lowest BCUT2D eigenvalue weighted by Gasteiger charge is -2.40. The number of rotatable bonds is 12. The molecule has 4 amide bonds. The quantitative estimate of drug-likeness (QED) is 0.291. The molecule has 2 aromatic rings. The third-order valence-corrected chi connectivity index (χ3v) is 12.0. The van der Waals surface area contributed by atoms with Crippen molar-refractivity contribution >= 4 is 46.9 Å². The zero-order chi connectivity index (χ0) is 38.0. The van der Waals surface area contributed by atoms with Gasteiger partial charge in [-0.2, -0.15) is 0 Å². The molecule has 1 aromatic heterocycles. The minimum absolute atomic E-state index is 0.00909. The van der Waals surface area contributed by atoms with E-state index in [2.05, 4.69) is 20.5 Å². The normalized spacial score (nSPS) is 21.7. The molecule has 3 N–H and O–H groups in total. The Labute approximate surface area is 314 Å². The van der Waals surface area contributed by atoms with Crippen molar-refractivity contribution in [3.63, 3.8) is 0 Å². The van der Waals surface area contributed by atoms with Gasteiger partial charge in [-0.3, -0.25) is 19.3 Å². The average Bonchev–Trinajstić information content (AvgIpc) is 3.48. The van der Waals surface area contributed by atoms with E-state index in [0.717, 1.165) is 21.7 Å². The van der Waals surface area contributed by atoms with Crippen molar-refractivity contribution in [3.05, 3.63) is 41.0 Å². The van der Waals surface area contributed by atoms with Gasteiger partial charge in [-0.1, -0.05) is 31.2 Å². The fraction of sp³-hybridized carbons (Fsp3) is 0.649. The number of halogens is 1. The van der Waals surface area contributed by atoms with Crippen molar-refractivity contribution in [3.8, 4) is 10.4 Å². The predicted molar refractivity (Wildman–Crippen MR) is 201 cm³/mol. The second-order valence-electron chi connectivity index (χ2n) is 15.7. The first-order chi connectivity index (χ1) is 24.3. The van der Waals surface area contributed by atoms with E-state index < -0.39 is 51.9 Å². The van der Waals surface area contributed by atoms with E-state index in [4.69, 9.17) is 4.74 Å². The fourth-order valence-corrected chi connectivity index (χ4v) is 9.12. The van der Waals surface area contributed by atoms with Crippen LogP contribution in [-0.2, 0) is 25.7 Å². The zero-order valence-corrected chi connectivity index (χ0v) is 32.9. The zero-order valence-electron chi connectivity index (χ0n) is 31.2. The van der Waals surface area contributed by atoms with E-state index in [0.29, 0.717) is 32.7 Å². The number of carbonyl (C=O) groups excluding carboxylic acids is 4. The molecule has 286 valence electrons. The molecular formula is C37H53FN6O6S2. The molecule has 52 heavy (non-hydrogen) atoms. The number of thiazole rings is 1. The Morgan fingerprint density at radius 1 is 1.10 bits per heavy atom. The van der Waals surface area contributed by atoms with Gasteiger partial charge < -0.3 is 30.3 Å². The van der Waals surface area contributed by atoms with Crippen LogP contribution in [0.2, 0.25) is 0 Å². The number of hydrogen-bond donors (Lipinski definition) is 3. The van der Waals surface area contributed by atoms with E-state index in [1.165, 1.54) is 16.7 Å². The second kappa shape index (κ2) is 16.0. The maximum absolute atomic E-state index is 15.0. The number of β-amino-alcohol motifs (C(OH)–C–C–N with tert-alkyl or cyclic N) is 1. The van der Waals surface area contributed by atoms with Gasteiger partial charge in [-0.15, -0.1) is 23.1 Å². The van der Waals surface area contributed by atoms with Crippen LogP contribution in [0.5, 0.6) is 0 Å². The molecule has 3 aliphatic rings. The summed E-state index contributed by atoms with van der Waals surface area (Å²) < 4.78 is 19.6. The Morgan fingerprint density at radius 2 is 1.75 bits per heavy atom. The monoisotopic (exact) mass is 760 g/mol. The number of aromatic nitrogens is 1. The number of aliphatic hydroxyl groups is 1. The molecule has 0 bridgehead atoms. The summed E-state index contributed by atoms with van der Waals surface area (Å²) in [5, 5.41) is 16.3. The molecule has 0 unspecified atom stereocenters. The molecule has 1 aliphatic carbocycles. The molecule has 0 spiro atoms. The van der Waals surface area contributed by atoms with Gasteiger partial charge in [0.25, 0.3) is 5.91 Å².